The zero-order valence-corrected chi connectivity index (χ0v) is 78.9. The second-order valence-electron chi connectivity index (χ2n) is 33.9. The maximum atomic E-state index is 4.47. The van der Waals surface area contributed by atoms with Crippen LogP contribution in [0.25, 0.3) is 0 Å². The fourth-order valence-corrected chi connectivity index (χ4v) is 11.3. The highest BCUT2D eigenvalue weighted by Crippen LogP contribution is 2.23. The van der Waals surface area contributed by atoms with E-state index in [0.717, 1.165) is 28.5 Å². The summed E-state index contributed by atoms with van der Waals surface area (Å²) in [5, 5.41) is 0. The van der Waals surface area contributed by atoms with Crippen molar-refractivity contribution in [3.8, 4) is 0 Å². The fraction of sp³-hybridized carbons (Fsp3) is 0.471. The van der Waals surface area contributed by atoms with Crippen LogP contribution in [0.15, 0.2) is 171 Å². The molecule has 11 heterocycles. The molecule has 11 nitrogen and oxygen atoms in total. The molecular weight excluding hydrogens is 1400 g/mol. The van der Waals surface area contributed by atoms with Crippen LogP contribution in [0.2, 0.25) is 0 Å². The van der Waals surface area contributed by atoms with E-state index in [9.17, 15) is 0 Å². The van der Waals surface area contributed by atoms with E-state index in [1.807, 2.05) is 101 Å². The van der Waals surface area contributed by atoms with E-state index >= 15 is 0 Å². The molecule has 0 aliphatic carbocycles. The van der Waals surface area contributed by atoms with Crippen molar-refractivity contribution in [3.63, 3.8) is 0 Å². The second kappa shape index (κ2) is 54.5. The molecule has 11 aromatic rings. The fourth-order valence-electron chi connectivity index (χ4n) is 11.3. The Kier molecular flexibility index (Phi) is 49.1. The third kappa shape index (κ3) is 42.2. The molecule has 0 atom stereocenters. The summed E-state index contributed by atoms with van der Waals surface area (Å²) in [4.78, 5) is 47.8. The first-order valence-electron chi connectivity index (χ1n) is 42.0. The van der Waals surface area contributed by atoms with Crippen LogP contribution in [0.5, 0.6) is 0 Å². The maximum Gasteiger partial charge on any atom is 0.0461 e. The number of pyridine rings is 11. The molecule has 0 aliphatic heterocycles. The normalized spacial score (nSPS) is 10.5. The van der Waals surface area contributed by atoms with E-state index < -0.39 is 0 Å². The van der Waals surface area contributed by atoms with Crippen LogP contribution in [-0.2, 0) is 0 Å². The van der Waals surface area contributed by atoms with Crippen LogP contribution in [0, 0.1) is 111 Å². The van der Waals surface area contributed by atoms with Gasteiger partial charge in [0.2, 0.25) is 0 Å². The summed E-state index contributed by atoms with van der Waals surface area (Å²) in [6.07, 6.45) is 13.2. The Morgan fingerprint density at radius 1 is 0.191 bits per heavy atom. The van der Waals surface area contributed by atoms with E-state index in [-0.39, 0.29) is 0 Å². The minimum Gasteiger partial charge on any atom is -0.261 e. The summed E-state index contributed by atoms with van der Waals surface area (Å²) in [7, 11) is 0. The van der Waals surface area contributed by atoms with Gasteiger partial charge in [0.1, 0.15) is 0 Å². The highest BCUT2D eigenvalue weighted by Gasteiger charge is 2.10. The molecule has 0 N–H and O–H groups in total. The van der Waals surface area contributed by atoms with Gasteiger partial charge in [-0.15, -0.1) is 0 Å². The van der Waals surface area contributed by atoms with E-state index in [4.69, 9.17) is 0 Å². The Morgan fingerprint density at radius 3 is 1.06 bits per heavy atom. The zero-order chi connectivity index (χ0) is 87.5. The van der Waals surface area contributed by atoms with Crippen LogP contribution in [0.3, 0.4) is 0 Å². The lowest BCUT2D eigenvalue weighted by atomic mass is 10.0. The molecule has 0 radical (unpaired) electrons. The number of aryl methyl sites for hydroxylation is 15. The van der Waals surface area contributed by atoms with Gasteiger partial charge in [0, 0.05) is 129 Å². The Balaban J connectivity index is 0.000000633. The molecular formula is C104H153N11. The van der Waals surface area contributed by atoms with Gasteiger partial charge in [-0.2, -0.15) is 0 Å². The van der Waals surface area contributed by atoms with Gasteiger partial charge in [-0.25, -0.2) is 0 Å². The minimum absolute atomic E-state index is 0.536. The van der Waals surface area contributed by atoms with Crippen LogP contribution in [-0.4, -0.2) is 54.8 Å². The summed E-state index contributed by atoms with van der Waals surface area (Å²) in [5.74, 6) is 5.94. The average Bonchev–Trinajstić information content (AvgIpc) is 0.882. The van der Waals surface area contributed by atoms with Crippen molar-refractivity contribution >= 4 is 0 Å². The van der Waals surface area contributed by atoms with Crippen LogP contribution < -0.4 is 0 Å². The lowest BCUT2D eigenvalue weighted by Gasteiger charge is -2.09. The van der Waals surface area contributed by atoms with Crippen molar-refractivity contribution in [2.75, 3.05) is 0 Å². The monoisotopic (exact) mass is 1560 g/mol. The van der Waals surface area contributed by atoms with E-state index in [0.29, 0.717) is 65.1 Å². The van der Waals surface area contributed by atoms with Crippen molar-refractivity contribution in [1.29, 1.82) is 0 Å². The topological polar surface area (TPSA) is 142 Å². The van der Waals surface area contributed by atoms with Crippen molar-refractivity contribution < 1.29 is 0 Å². The summed E-state index contributed by atoms with van der Waals surface area (Å²) < 4.78 is 0. The molecule has 11 heteroatoms. The predicted octanol–water partition coefficient (Wildman–Crippen LogP) is 29.2. The highest BCUT2D eigenvalue weighted by atomic mass is 14.7. The maximum absolute atomic E-state index is 4.47. The molecule has 0 aliphatic rings. The molecule has 624 valence electrons. The first-order chi connectivity index (χ1) is 53.8. The number of aromatic nitrogens is 11. The predicted molar refractivity (Wildman–Crippen MR) is 497 cm³/mol. The van der Waals surface area contributed by atoms with Crippen LogP contribution in [0.1, 0.15) is 370 Å². The minimum atomic E-state index is 0.536. The smallest absolute Gasteiger partial charge is 0.0461 e. The first-order valence-corrected chi connectivity index (χ1v) is 42.0. The number of hydrogen-bond acceptors (Lipinski definition) is 11. The summed E-state index contributed by atoms with van der Waals surface area (Å²) in [6, 6.07) is 43.6. The third-order valence-corrected chi connectivity index (χ3v) is 18.8. The third-order valence-electron chi connectivity index (χ3n) is 18.8. The Labute approximate surface area is 701 Å². The molecule has 0 unspecified atom stereocenters. The van der Waals surface area contributed by atoms with Gasteiger partial charge in [-0.3, -0.25) is 54.8 Å². The second-order valence-corrected chi connectivity index (χ2v) is 33.9. The van der Waals surface area contributed by atoms with Gasteiger partial charge in [0.05, 0.1) is 0 Å². The Bertz CT molecular complexity index is 4370. The molecule has 11 rings (SSSR count). The van der Waals surface area contributed by atoms with Crippen LogP contribution >= 0.6 is 0 Å². The SMILES string of the molecule is CC(C)c1ccccn1.Cc1cc(C)nc(C(C)C)c1.Cc1ccc(C(C)C)nc1.Cc1ccc(C(C)C)nc1C.Cc1ccc(C)c(C(C)C)n1.Cc1cccc(C(C)C)n1.Cc1cccnc1C(C)C.Cc1ccnc(C(C)C)c1.Cc1ccnc(C(C)C)c1C.Cc1cnc(C(C)C)c(C)c1.Cc1cnc(C(C)C)cc1C. The molecule has 0 aromatic carbocycles. The molecule has 0 bridgehead atoms. The van der Waals surface area contributed by atoms with Crippen molar-refractivity contribution in [2.24, 2.45) is 0 Å². The lowest BCUT2D eigenvalue weighted by molar-refractivity contribution is 0.804. The summed E-state index contributed by atoms with van der Waals surface area (Å²) >= 11 is 0. The first kappa shape index (κ1) is 104. The largest absolute Gasteiger partial charge is 0.261 e. The van der Waals surface area contributed by atoms with E-state index in [2.05, 4.69) is 388 Å². The highest BCUT2D eigenvalue weighted by molar-refractivity contribution is 5.31. The van der Waals surface area contributed by atoms with Crippen molar-refractivity contribution in [3.05, 3.63) is 323 Å². The van der Waals surface area contributed by atoms with E-state index in [1.54, 1.807) is 0 Å². The zero-order valence-electron chi connectivity index (χ0n) is 78.9. The molecule has 11 aromatic heterocycles. The number of nitrogens with zero attached hydrogens (tertiary/aromatic N) is 11. The Hall–Kier alpha value is -9.35. The molecule has 0 saturated carbocycles. The summed E-state index contributed by atoms with van der Waals surface area (Å²) in [5.41, 5.74) is 33.1. The molecule has 115 heavy (non-hydrogen) atoms. The summed E-state index contributed by atoms with van der Waals surface area (Å²) in [6.45, 7) is 80.9. The molecule has 0 fully saturated rings. The number of rotatable bonds is 11. The van der Waals surface area contributed by atoms with Gasteiger partial charge >= 0.3 is 0 Å². The Morgan fingerprint density at radius 2 is 0.635 bits per heavy atom. The quantitative estimate of drug-likeness (QED) is 0.122. The molecule has 0 spiro atoms. The van der Waals surface area contributed by atoms with Crippen molar-refractivity contribution in [2.45, 2.75) is 328 Å². The van der Waals surface area contributed by atoms with Crippen LogP contribution in [0.4, 0.5) is 0 Å². The van der Waals surface area contributed by atoms with E-state index in [1.165, 1.54) is 124 Å². The number of hydrogen-bond donors (Lipinski definition) is 0. The van der Waals surface area contributed by atoms with Gasteiger partial charge < -0.3 is 0 Å². The standard InChI is InChI=1S/6C10H15N.4C9H13N.C8H11N/c1-7(2)10-5-8(3)9(4)6-11-10;1-7(2)10-9(4)5-8(3)6-11-10;1-7(2)10-6-8(3)5-9(4)11-10;1-7(2)10-9(4)8(3)5-6-11-10;1-7(2)10-6-5-8(3)9(4)11-10;1-7(2)10-8(3)5-6-9(4)11-10;1-7(2)9-6-8(3)4-5-10-9;1-7(2)9-5-4-8(3)6-10-9;1-7(2)9-8(3)5-4-6-10-9;1-7(2)9-6-4-5-8(3)10-9;1-7(2)8-5-3-4-6-9-8/h6*5-7H,1-4H3;4*4-7H,1-3H3;3-7H,1-2H3. The van der Waals surface area contributed by atoms with Gasteiger partial charge in [-0.1, -0.05) is 195 Å². The molecule has 0 amide bonds. The van der Waals surface area contributed by atoms with Gasteiger partial charge in [-0.05, 0) is 328 Å². The van der Waals surface area contributed by atoms with Crippen molar-refractivity contribution in [1.82, 2.24) is 54.8 Å². The van der Waals surface area contributed by atoms with Gasteiger partial charge in [0.25, 0.3) is 0 Å². The molecule has 0 saturated heterocycles. The lowest BCUT2D eigenvalue weighted by Crippen LogP contribution is -1.97. The van der Waals surface area contributed by atoms with Gasteiger partial charge in [0.15, 0.2) is 0 Å². The average molecular weight is 1560 g/mol.